The quantitative estimate of drug-likeness (QED) is 0.368. The standard InChI is InChI=1S/C26H18N5O5S/c1-17-7-9-19(10-8-17)25-22(15-27)24(18-11-13-20(14-12-18)31(33)34)23(16-28)26(32)30(25)29-37(35,36)21-5-3-2-4-6-21/h2-14,29,33H,1H3/q-1. The zero-order chi connectivity index (χ0) is 26.7. The van der Waals surface area contributed by atoms with Crippen LogP contribution < -0.4 is 15.6 Å². The number of nitriles is 2. The van der Waals surface area contributed by atoms with Crippen molar-refractivity contribution in [3.05, 3.63) is 111 Å². The highest BCUT2D eigenvalue weighted by Crippen LogP contribution is 2.34. The minimum atomic E-state index is -4.29. The minimum Gasteiger partial charge on any atom is -0.733 e. The van der Waals surface area contributed by atoms with Crippen molar-refractivity contribution in [3.8, 4) is 34.5 Å². The van der Waals surface area contributed by atoms with Crippen molar-refractivity contribution in [3.63, 3.8) is 0 Å². The Balaban J connectivity index is 2.08. The predicted octanol–water partition coefficient (Wildman–Crippen LogP) is 3.86. The van der Waals surface area contributed by atoms with Crippen LogP contribution in [0.2, 0.25) is 0 Å². The third kappa shape index (κ3) is 4.78. The molecular formula is C26H18N5O5S-. The van der Waals surface area contributed by atoms with Crippen molar-refractivity contribution in [2.45, 2.75) is 11.8 Å². The summed E-state index contributed by atoms with van der Waals surface area (Å²) in [6.07, 6.45) is 0. The van der Waals surface area contributed by atoms with Gasteiger partial charge in [0.1, 0.15) is 17.7 Å². The third-order valence-corrected chi connectivity index (χ3v) is 6.88. The van der Waals surface area contributed by atoms with E-state index in [1.807, 2.05) is 13.0 Å². The Morgan fingerprint density at radius 3 is 2.00 bits per heavy atom. The van der Waals surface area contributed by atoms with Crippen LogP contribution in [0.1, 0.15) is 16.7 Å². The number of hydrogen-bond acceptors (Lipinski definition) is 8. The molecule has 0 amide bonds. The van der Waals surface area contributed by atoms with E-state index in [9.17, 15) is 28.9 Å². The van der Waals surface area contributed by atoms with Gasteiger partial charge in [-0.05, 0) is 36.8 Å². The molecule has 0 aliphatic rings. The highest BCUT2D eigenvalue weighted by Gasteiger charge is 2.27. The van der Waals surface area contributed by atoms with E-state index in [1.54, 1.807) is 36.4 Å². The lowest BCUT2D eigenvalue weighted by atomic mass is 9.92. The highest BCUT2D eigenvalue weighted by atomic mass is 32.2. The normalized spacial score (nSPS) is 10.8. The molecule has 4 aromatic rings. The van der Waals surface area contributed by atoms with Crippen molar-refractivity contribution >= 4 is 15.7 Å². The smallest absolute Gasteiger partial charge is 0.288 e. The molecule has 2 N–H and O–H groups in total. The molecule has 37 heavy (non-hydrogen) atoms. The number of aryl methyl sites for hydroxylation is 1. The molecule has 0 fully saturated rings. The Morgan fingerprint density at radius 1 is 0.892 bits per heavy atom. The Labute approximate surface area is 212 Å². The molecule has 11 heteroatoms. The molecule has 0 atom stereocenters. The SMILES string of the molecule is Cc1ccc(-c2c(C#N)c(-c3ccc(N([O-])O)cc3)c(C#N)c(=O)n2NS(=O)(=O)c2ccccc2)cc1. The van der Waals surface area contributed by atoms with Crippen LogP contribution in [-0.2, 0) is 10.0 Å². The van der Waals surface area contributed by atoms with Gasteiger partial charge < -0.3 is 10.4 Å². The van der Waals surface area contributed by atoms with E-state index in [4.69, 9.17) is 5.21 Å². The molecule has 0 saturated carbocycles. The fourth-order valence-electron chi connectivity index (χ4n) is 3.78. The summed E-state index contributed by atoms with van der Waals surface area (Å²) in [5.74, 6) is 0. The van der Waals surface area contributed by atoms with Gasteiger partial charge in [0.2, 0.25) is 0 Å². The summed E-state index contributed by atoms with van der Waals surface area (Å²) in [5.41, 5.74) is -0.380. The molecule has 0 unspecified atom stereocenters. The van der Waals surface area contributed by atoms with Gasteiger partial charge in [-0.2, -0.15) is 18.9 Å². The van der Waals surface area contributed by atoms with Crippen LogP contribution in [0.15, 0.2) is 88.6 Å². The van der Waals surface area contributed by atoms with Gasteiger partial charge in [0.15, 0.2) is 0 Å². The average Bonchev–Trinajstić information content (AvgIpc) is 2.90. The zero-order valence-corrected chi connectivity index (χ0v) is 20.1. The first-order valence-electron chi connectivity index (χ1n) is 10.7. The van der Waals surface area contributed by atoms with E-state index in [2.05, 4.69) is 4.83 Å². The number of pyridine rings is 1. The molecule has 184 valence electrons. The number of aromatic nitrogens is 1. The maximum Gasteiger partial charge on any atom is 0.288 e. The second-order valence-corrected chi connectivity index (χ2v) is 9.59. The van der Waals surface area contributed by atoms with Crippen LogP contribution in [0.3, 0.4) is 0 Å². The van der Waals surface area contributed by atoms with Crippen molar-refractivity contribution in [2.75, 3.05) is 10.1 Å². The number of nitrogens with one attached hydrogen (secondary N) is 1. The van der Waals surface area contributed by atoms with Gasteiger partial charge in [0.05, 0.1) is 21.8 Å². The first-order chi connectivity index (χ1) is 17.7. The van der Waals surface area contributed by atoms with Gasteiger partial charge in [0, 0.05) is 11.1 Å². The van der Waals surface area contributed by atoms with E-state index in [0.717, 1.165) is 5.56 Å². The van der Waals surface area contributed by atoms with E-state index in [0.29, 0.717) is 10.2 Å². The van der Waals surface area contributed by atoms with Gasteiger partial charge in [-0.25, -0.2) is 9.51 Å². The molecule has 1 heterocycles. The highest BCUT2D eigenvalue weighted by molar-refractivity contribution is 7.92. The van der Waals surface area contributed by atoms with E-state index < -0.39 is 21.1 Å². The molecular weight excluding hydrogens is 494 g/mol. The molecule has 0 bridgehead atoms. The third-order valence-electron chi connectivity index (χ3n) is 5.57. The van der Waals surface area contributed by atoms with Gasteiger partial charge in [-0.3, -0.25) is 10.0 Å². The number of nitrogens with zero attached hydrogens (tertiary/aromatic N) is 4. The summed E-state index contributed by atoms with van der Waals surface area (Å²) >= 11 is 0. The van der Waals surface area contributed by atoms with Gasteiger partial charge >= 0.3 is 0 Å². The van der Waals surface area contributed by atoms with Crippen LogP contribution in [0.4, 0.5) is 5.69 Å². The zero-order valence-electron chi connectivity index (χ0n) is 19.3. The molecule has 3 aromatic carbocycles. The van der Waals surface area contributed by atoms with Gasteiger partial charge in [-0.1, -0.05) is 60.2 Å². The molecule has 0 radical (unpaired) electrons. The first kappa shape index (κ1) is 25.2. The summed E-state index contributed by atoms with van der Waals surface area (Å²) in [7, 11) is -4.29. The van der Waals surface area contributed by atoms with E-state index in [1.165, 1.54) is 48.5 Å². The molecule has 0 aliphatic heterocycles. The van der Waals surface area contributed by atoms with Crippen molar-refractivity contribution in [1.82, 2.24) is 4.68 Å². The molecule has 0 aliphatic carbocycles. The van der Waals surface area contributed by atoms with Gasteiger partial charge in [0.25, 0.3) is 15.6 Å². The summed E-state index contributed by atoms with van der Waals surface area (Å²) in [6.45, 7) is 1.84. The van der Waals surface area contributed by atoms with E-state index in [-0.39, 0.29) is 38.2 Å². The first-order valence-corrected chi connectivity index (χ1v) is 12.2. The van der Waals surface area contributed by atoms with Crippen LogP contribution in [-0.4, -0.2) is 18.3 Å². The number of benzene rings is 3. The summed E-state index contributed by atoms with van der Waals surface area (Å²) in [4.78, 5) is 15.7. The number of sulfonamides is 1. The number of hydrogen-bond donors (Lipinski definition) is 2. The average molecular weight is 513 g/mol. The molecule has 0 saturated heterocycles. The fraction of sp³-hybridized carbons (Fsp3) is 0.0385. The van der Waals surface area contributed by atoms with Crippen molar-refractivity contribution in [2.24, 2.45) is 0 Å². The lowest BCUT2D eigenvalue weighted by molar-refractivity contribution is 0.296. The molecule has 1 aromatic heterocycles. The lowest BCUT2D eigenvalue weighted by Gasteiger charge is -2.22. The van der Waals surface area contributed by atoms with Gasteiger partial charge in [-0.15, -0.1) is 0 Å². The Kier molecular flexibility index (Phi) is 6.78. The fourth-order valence-corrected chi connectivity index (χ4v) is 4.81. The largest absolute Gasteiger partial charge is 0.733 e. The second-order valence-electron chi connectivity index (χ2n) is 7.93. The minimum absolute atomic E-state index is 0.0392. The van der Waals surface area contributed by atoms with E-state index >= 15 is 0 Å². The number of anilines is 1. The van der Waals surface area contributed by atoms with Crippen molar-refractivity contribution < 1.29 is 13.6 Å². The Bertz CT molecular complexity index is 1720. The van der Waals surface area contributed by atoms with Crippen LogP contribution in [0.5, 0.6) is 0 Å². The molecule has 10 nitrogen and oxygen atoms in total. The number of rotatable bonds is 6. The van der Waals surface area contributed by atoms with Crippen LogP contribution in [0.25, 0.3) is 22.4 Å². The second kappa shape index (κ2) is 9.97. The maximum atomic E-state index is 13.6. The van der Waals surface area contributed by atoms with Crippen LogP contribution >= 0.6 is 0 Å². The topological polar surface area (TPSA) is 162 Å². The Morgan fingerprint density at radius 2 is 1.46 bits per heavy atom. The Hall–Kier alpha value is -4.94. The monoisotopic (exact) mass is 512 g/mol. The maximum absolute atomic E-state index is 13.6. The predicted molar refractivity (Wildman–Crippen MR) is 136 cm³/mol. The molecule has 0 spiro atoms. The lowest BCUT2D eigenvalue weighted by Crippen LogP contribution is -2.36. The molecule has 4 rings (SSSR count). The summed E-state index contributed by atoms with van der Waals surface area (Å²) in [6, 6.07) is 23.1. The summed E-state index contributed by atoms with van der Waals surface area (Å²) < 4.78 is 27.0. The van der Waals surface area contributed by atoms with Crippen LogP contribution in [0, 0.1) is 34.8 Å². The van der Waals surface area contributed by atoms with Crippen molar-refractivity contribution in [1.29, 1.82) is 10.5 Å². The summed E-state index contributed by atoms with van der Waals surface area (Å²) in [5, 5.41) is 40.1.